The molecule has 0 aliphatic rings. The lowest BCUT2D eigenvalue weighted by Gasteiger charge is -2.10. The summed E-state index contributed by atoms with van der Waals surface area (Å²) in [6.45, 7) is 1.98. The van der Waals surface area contributed by atoms with Crippen LogP contribution in [0.15, 0.2) is 274 Å². The minimum Gasteiger partial charge on any atom is -0.399 e. The molecular formula is C71H52FN13O8. The zero-order valence-corrected chi connectivity index (χ0v) is 49.2. The highest BCUT2D eigenvalue weighted by atomic mass is 19.1. The molecule has 11 aromatic carbocycles. The van der Waals surface area contributed by atoms with E-state index in [2.05, 4.69) is 161 Å². The topological polar surface area (TPSA) is 284 Å². The summed E-state index contributed by atoms with van der Waals surface area (Å²) in [4.78, 5) is 48.2. The van der Waals surface area contributed by atoms with Gasteiger partial charge in [0.05, 0.1) is 59.6 Å². The third-order valence-electron chi connectivity index (χ3n) is 14.8. The van der Waals surface area contributed by atoms with Crippen LogP contribution in [0.2, 0.25) is 0 Å². The van der Waals surface area contributed by atoms with E-state index in [1.165, 1.54) is 34.4 Å². The van der Waals surface area contributed by atoms with Crippen LogP contribution < -0.4 is 16.4 Å². The lowest BCUT2D eigenvalue weighted by molar-refractivity contribution is -0.395. The normalized spacial score (nSPS) is 10.6. The molecule has 4 N–H and O–H groups in total. The molecule has 0 spiro atoms. The Bertz CT molecular complexity index is 5020. The number of nitro groups is 4. The first kappa shape index (κ1) is 61.3. The molecule has 0 amide bonds. The first-order valence-corrected chi connectivity index (χ1v) is 28.6. The lowest BCUT2D eigenvalue weighted by Crippen LogP contribution is -1.99. The smallest absolute Gasteiger partial charge is 0.311 e. The fourth-order valence-corrected chi connectivity index (χ4v) is 10.1. The molecule has 0 saturated carbocycles. The Morgan fingerprint density at radius 2 is 0.839 bits per heavy atom. The van der Waals surface area contributed by atoms with Gasteiger partial charge in [-0.1, -0.05) is 152 Å². The number of aromatic nitrogens is 6. The lowest BCUT2D eigenvalue weighted by atomic mass is 10.1. The summed E-state index contributed by atoms with van der Waals surface area (Å²) in [5.41, 5.74) is 20.2. The molecule has 3 heterocycles. The highest BCUT2D eigenvalue weighted by Gasteiger charge is 2.21. The monoisotopic (exact) mass is 1230 g/mol. The van der Waals surface area contributed by atoms with Crippen molar-refractivity contribution in [1.29, 1.82) is 0 Å². The second kappa shape index (κ2) is 27.8. The number of nitro benzene ring substituents is 4. The molecule has 0 atom stereocenters. The van der Waals surface area contributed by atoms with E-state index in [1.54, 1.807) is 12.1 Å². The van der Waals surface area contributed by atoms with Crippen molar-refractivity contribution in [1.82, 2.24) is 29.3 Å². The number of fused-ring (bicyclic) bond motifs is 3. The second-order valence-electron chi connectivity index (χ2n) is 20.7. The van der Waals surface area contributed by atoms with E-state index in [-0.39, 0.29) is 17.1 Å². The summed E-state index contributed by atoms with van der Waals surface area (Å²) in [5, 5.41) is 59.4. The van der Waals surface area contributed by atoms with Gasteiger partial charge in [0, 0.05) is 51.3 Å². The minimum absolute atomic E-state index is 0.197. The first-order valence-electron chi connectivity index (χ1n) is 28.6. The van der Waals surface area contributed by atoms with Gasteiger partial charge in [0.2, 0.25) is 5.82 Å². The van der Waals surface area contributed by atoms with E-state index in [0.29, 0.717) is 17.8 Å². The second-order valence-corrected chi connectivity index (χ2v) is 20.7. The van der Waals surface area contributed by atoms with Crippen molar-refractivity contribution < 1.29 is 24.1 Å². The number of nitrogens with two attached hydrogens (primary N) is 1. The van der Waals surface area contributed by atoms with Gasteiger partial charge in [-0.05, 0) is 125 Å². The molecule has 21 nitrogen and oxygen atoms in total. The Balaban J connectivity index is 0.000000133. The molecule has 0 aliphatic carbocycles. The van der Waals surface area contributed by atoms with Gasteiger partial charge >= 0.3 is 5.69 Å². The molecule has 14 rings (SSSR count). The number of nitrogen functional groups attached to an aromatic ring is 1. The van der Waals surface area contributed by atoms with Crippen molar-refractivity contribution in [2.75, 3.05) is 16.4 Å². The molecule has 456 valence electrons. The fraction of sp³-hybridized carbons (Fsp3) is 0.0141. The van der Waals surface area contributed by atoms with Crippen molar-refractivity contribution in [2.45, 2.75) is 6.92 Å². The van der Waals surface area contributed by atoms with Crippen LogP contribution in [0.3, 0.4) is 0 Å². The van der Waals surface area contributed by atoms with Crippen LogP contribution in [0.4, 0.5) is 55.7 Å². The highest BCUT2D eigenvalue weighted by molar-refractivity contribution is 5.95. The van der Waals surface area contributed by atoms with Gasteiger partial charge in [-0.2, -0.15) is 9.49 Å². The number of rotatable bonds is 13. The average Bonchev–Trinajstić information content (AvgIpc) is 1.76. The largest absolute Gasteiger partial charge is 0.399 e. The number of non-ortho nitro benzene ring substituents is 2. The van der Waals surface area contributed by atoms with Crippen LogP contribution in [-0.4, -0.2) is 49.0 Å². The number of hydrogen-bond acceptors (Lipinski definition) is 15. The van der Waals surface area contributed by atoms with E-state index in [4.69, 9.17) is 5.73 Å². The number of benzene rings is 11. The molecule has 0 aliphatic heterocycles. The number of halogens is 1. The highest BCUT2D eigenvalue weighted by Crippen LogP contribution is 2.34. The zero-order chi connectivity index (χ0) is 65.0. The molecule has 93 heavy (non-hydrogen) atoms. The number of imidazole rings is 2. The fourth-order valence-electron chi connectivity index (χ4n) is 10.1. The number of nitrogens with one attached hydrogen (secondary N) is 2. The van der Waals surface area contributed by atoms with Crippen molar-refractivity contribution in [3.63, 3.8) is 0 Å². The van der Waals surface area contributed by atoms with E-state index in [0.717, 1.165) is 90.4 Å². The third-order valence-corrected chi connectivity index (χ3v) is 14.8. The number of aryl methyl sites for hydroxylation is 1. The van der Waals surface area contributed by atoms with Crippen molar-refractivity contribution >= 4 is 84.2 Å². The molecule has 14 aromatic rings. The predicted molar refractivity (Wildman–Crippen MR) is 360 cm³/mol. The van der Waals surface area contributed by atoms with Crippen LogP contribution >= 0.6 is 0 Å². The van der Waals surface area contributed by atoms with E-state index in [1.807, 2.05) is 111 Å². The molecule has 3 aromatic heterocycles. The summed E-state index contributed by atoms with van der Waals surface area (Å²) in [7, 11) is 0. The summed E-state index contributed by atoms with van der Waals surface area (Å²) >= 11 is 0. The van der Waals surface area contributed by atoms with Crippen molar-refractivity contribution in [3.05, 3.63) is 325 Å². The number of anilines is 5. The number of nitrogens with zero attached hydrogens (tertiary/aromatic N) is 10. The van der Waals surface area contributed by atoms with Crippen LogP contribution in [0.25, 0.3) is 77.6 Å². The predicted octanol–water partition coefficient (Wildman–Crippen LogP) is 17.5. The average molecular weight is 1230 g/mol. The van der Waals surface area contributed by atoms with Gasteiger partial charge in [-0.15, -0.1) is 5.10 Å². The minimum atomic E-state index is -1.09. The standard InChI is InChI=1S/C28H21N5.C19H15N3.C18H13N3O4.C6H3FN2O4/c1-19-24-9-5-6-10-25(24)28(32-31-19)30-22-13-16-27-26(17-22)29-18-33(27)23-14-11-21(12-15-23)20-7-3-2-4-8-20;20-16-8-11-19-18(12-16)21-13-22(19)17-9-6-15(7-10-17)14-4-2-1-3-5-14;22-20(23)16-10-11-17(18(12-16)21(24)25)19-15-8-6-14(7-9-15)13-4-2-1-3-5-13;7-5-2-1-4(8(10)11)3-6(5)9(12)13/h2-18H,1H3,(H,30,32);1-13H,20H2;1-12,19H;1-3H. The van der Waals surface area contributed by atoms with E-state index < -0.39 is 36.9 Å². The molecule has 0 fully saturated rings. The Morgan fingerprint density at radius 1 is 0.409 bits per heavy atom. The molecule has 0 radical (unpaired) electrons. The maximum atomic E-state index is 12.6. The summed E-state index contributed by atoms with van der Waals surface area (Å²) in [5.74, 6) is -0.345. The van der Waals surface area contributed by atoms with Crippen molar-refractivity contribution in [3.8, 4) is 44.8 Å². The molecule has 0 unspecified atom stereocenters. The Morgan fingerprint density at radius 3 is 1.34 bits per heavy atom. The number of hydrogen-bond donors (Lipinski definition) is 3. The summed E-state index contributed by atoms with van der Waals surface area (Å²) in [6, 6.07) is 80.8. The first-order chi connectivity index (χ1) is 45.1. The molecule has 0 saturated heterocycles. The summed E-state index contributed by atoms with van der Waals surface area (Å²) < 4.78 is 16.8. The van der Waals surface area contributed by atoms with Gasteiger partial charge in [0.25, 0.3) is 17.1 Å². The van der Waals surface area contributed by atoms with Crippen LogP contribution in [0, 0.1) is 53.2 Å². The van der Waals surface area contributed by atoms with Gasteiger partial charge < -0.3 is 16.4 Å². The maximum absolute atomic E-state index is 12.6. The summed E-state index contributed by atoms with van der Waals surface area (Å²) in [6.07, 6.45) is 3.70. The third kappa shape index (κ3) is 14.5. The van der Waals surface area contributed by atoms with E-state index >= 15 is 0 Å². The van der Waals surface area contributed by atoms with Gasteiger partial charge in [-0.3, -0.25) is 49.6 Å². The molecule has 0 bridgehead atoms. The van der Waals surface area contributed by atoms with Gasteiger partial charge in [0.15, 0.2) is 5.82 Å². The Hall–Kier alpha value is -13.4. The van der Waals surface area contributed by atoms with Crippen LogP contribution in [0.5, 0.6) is 0 Å². The van der Waals surface area contributed by atoms with Crippen LogP contribution in [0.1, 0.15) is 5.69 Å². The van der Waals surface area contributed by atoms with Crippen molar-refractivity contribution in [2.24, 2.45) is 0 Å². The van der Waals surface area contributed by atoms with Gasteiger partial charge in [0.1, 0.15) is 18.3 Å². The van der Waals surface area contributed by atoms with E-state index in [9.17, 15) is 44.8 Å². The maximum Gasteiger partial charge on any atom is 0.311 e. The molecular weight excluding hydrogens is 1180 g/mol. The SMILES string of the molecule is Cc1nnc(Nc2ccc3c(c2)ncn3-c2ccc(-c3ccccc3)cc2)c2ccccc12.Nc1ccc2c(c1)ncn2-c1ccc(-c2ccccc2)cc1.O=[N+]([O-])c1ccc(F)c([N+](=O)[O-])c1.O=[N+]([O-])c1ccc(Nc2ccc(-c3ccccc3)cc2)c([N+](=O)[O-])c1. The Kier molecular flexibility index (Phi) is 18.3. The quantitative estimate of drug-likeness (QED) is 0.0549. The Labute approximate surface area is 528 Å². The van der Waals surface area contributed by atoms with Crippen LogP contribution in [-0.2, 0) is 0 Å². The van der Waals surface area contributed by atoms with Gasteiger partial charge in [-0.25, -0.2) is 9.97 Å². The molecule has 22 heteroatoms. The zero-order valence-electron chi connectivity index (χ0n) is 49.2.